The van der Waals surface area contributed by atoms with Crippen LogP contribution >= 0.6 is 23.2 Å². The molecule has 24 heavy (non-hydrogen) atoms. The molecule has 3 rings (SSSR count). The van der Waals surface area contributed by atoms with E-state index in [1.807, 2.05) is 30.3 Å². The number of urea groups is 1. The summed E-state index contributed by atoms with van der Waals surface area (Å²) in [6.07, 6.45) is 0.256. The minimum atomic E-state index is -0.424. The summed E-state index contributed by atoms with van der Waals surface area (Å²) in [5.74, 6) is -0.0210. The molecule has 0 aromatic heterocycles. The van der Waals surface area contributed by atoms with Gasteiger partial charge in [0.2, 0.25) is 5.91 Å². The quantitative estimate of drug-likeness (QED) is 0.867. The number of hydrogen-bond acceptors (Lipinski definition) is 2. The van der Waals surface area contributed by atoms with Crippen molar-refractivity contribution in [1.82, 2.24) is 5.32 Å². The maximum atomic E-state index is 12.1. The number of anilines is 2. The number of nitrogens with zero attached hydrogens (tertiary/aromatic N) is 1. The molecule has 1 aliphatic heterocycles. The minimum absolute atomic E-state index is 0.0210. The molecule has 1 aliphatic rings. The molecule has 0 radical (unpaired) electrons. The number of hydrogen-bond donors (Lipinski definition) is 2. The van der Waals surface area contributed by atoms with Crippen molar-refractivity contribution in [3.63, 3.8) is 0 Å². The van der Waals surface area contributed by atoms with Gasteiger partial charge >= 0.3 is 6.03 Å². The van der Waals surface area contributed by atoms with Crippen molar-refractivity contribution in [3.05, 3.63) is 58.6 Å². The molecule has 5 nitrogen and oxygen atoms in total. The van der Waals surface area contributed by atoms with Gasteiger partial charge in [0.05, 0.1) is 16.8 Å². The van der Waals surface area contributed by atoms with Gasteiger partial charge in [0.25, 0.3) is 0 Å². The number of nitrogens with one attached hydrogen (secondary N) is 2. The second-order valence-electron chi connectivity index (χ2n) is 5.46. The summed E-state index contributed by atoms with van der Waals surface area (Å²) in [5, 5.41) is 6.31. The molecule has 1 saturated heterocycles. The molecule has 2 aromatic rings. The topological polar surface area (TPSA) is 61.4 Å². The second-order valence-corrected chi connectivity index (χ2v) is 6.31. The summed E-state index contributed by atoms with van der Waals surface area (Å²) in [5.41, 5.74) is 1.25. The molecule has 1 atom stereocenters. The molecule has 1 heterocycles. The van der Waals surface area contributed by atoms with Crippen molar-refractivity contribution in [3.8, 4) is 0 Å². The fraction of sp³-hybridized carbons (Fsp3) is 0.176. The van der Waals surface area contributed by atoms with Crippen LogP contribution in [0.15, 0.2) is 48.5 Å². The first-order valence-electron chi connectivity index (χ1n) is 7.41. The zero-order chi connectivity index (χ0) is 17.1. The Kier molecular flexibility index (Phi) is 4.92. The van der Waals surface area contributed by atoms with Crippen molar-refractivity contribution in [2.75, 3.05) is 16.8 Å². The second kappa shape index (κ2) is 7.11. The third kappa shape index (κ3) is 3.80. The van der Waals surface area contributed by atoms with Crippen molar-refractivity contribution < 1.29 is 9.59 Å². The Morgan fingerprint density at radius 3 is 2.62 bits per heavy atom. The molecule has 0 saturated carbocycles. The Balaban J connectivity index is 1.61. The number of carbonyl (C=O) groups is 2. The molecule has 2 N–H and O–H groups in total. The van der Waals surface area contributed by atoms with E-state index in [9.17, 15) is 9.59 Å². The van der Waals surface area contributed by atoms with Crippen LogP contribution in [0, 0.1) is 0 Å². The van der Waals surface area contributed by atoms with Crippen molar-refractivity contribution in [2.24, 2.45) is 0 Å². The Bertz CT molecular complexity index is 768. The molecule has 3 amide bonds. The summed E-state index contributed by atoms with van der Waals surface area (Å²) in [6.45, 7) is 0.430. The van der Waals surface area contributed by atoms with Gasteiger partial charge in [-0.15, -0.1) is 0 Å². The van der Waals surface area contributed by atoms with E-state index < -0.39 is 6.03 Å². The smallest absolute Gasteiger partial charge is 0.319 e. The fourth-order valence-corrected chi connectivity index (χ4v) is 2.94. The number of benzene rings is 2. The van der Waals surface area contributed by atoms with Gasteiger partial charge in [-0.3, -0.25) is 4.79 Å². The number of carbonyl (C=O) groups excluding carboxylic acids is 2. The first-order chi connectivity index (χ1) is 11.5. The lowest BCUT2D eigenvalue weighted by molar-refractivity contribution is -0.117. The lowest BCUT2D eigenvalue weighted by Crippen LogP contribution is -2.39. The molecule has 7 heteroatoms. The van der Waals surface area contributed by atoms with Crippen LogP contribution in [-0.4, -0.2) is 24.5 Å². The average Bonchev–Trinajstić information content (AvgIpc) is 2.92. The van der Waals surface area contributed by atoms with Crippen LogP contribution in [0.3, 0.4) is 0 Å². The van der Waals surface area contributed by atoms with E-state index >= 15 is 0 Å². The van der Waals surface area contributed by atoms with Crippen LogP contribution in [0.2, 0.25) is 10.0 Å². The summed E-state index contributed by atoms with van der Waals surface area (Å²) in [4.78, 5) is 25.9. The Morgan fingerprint density at radius 2 is 1.88 bits per heavy atom. The normalized spacial score (nSPS) is 17.0. The number of rotatable bonds is 3. The Morgan fingerprint density at radius 1 is 1.12 bits per heavy atom. The predicted molar refractivity (Wildman–Crippen MR) is 95.8 cm³/mol. The van der Waals surface area contributed by atoms with Crippen LogP contribution in [0.5, 0.6) is 0 Å². The van der Waals surface area contributed by atoms with Gasteiger partial charge in [0.15, 0.2) is 0 Å². The standard InChI is InChI=1S/C17H15Cl2N3O2/c18-11-6-7-14(19)15(8-11)21-17(24)20-12-9-16(23)22(10-12)13-4-2-1-3-5-13/h1-8,12H,9-10H2,(H2,20,21,24)/t12-/m1/s1. The molecule has 0 aliphatic carbocycles. The SMILES string of the molecule is O=C(Nc1cc(Cl)ccc1Cl)N[C@@H]1CC(=O)N(c2ccccc2)C1. The lowest BCUT2D eigenvalue weighted by Gasteiger charge is -2.17. The highest BCUT2D eigenvalue weighted by molar-refractivity contribution is 6.35. The van der Waals surface area contributed by atoms with E-state index in [-0.39, 0.29) is 18.4 Å². The van der Waals surface area contributed by atoms with E-state index in [0.29, 0.717) is 22.3 Å². The highest BCUT2D eigenvalue weighted by atomic mass is 35.5. The fourth-order valence-electron chi connectivity index (χ4n) is 2.60. The van der Waals surface area contributed by atoms with E-state index in [4.69, 9.17) is 23.2 Å². The van der Waals surface area contributed by atoms with E-state index in [1.54, 1.807) is 23.1 Å². The van der Waals surface area contributed by atoms with Gasteiger partial charge in [0.1, 0.15) is 0 Å². The first-order valence-corrected chi connectivity index (χ1v) is 8.16. The molecule has 0 spiro atoms. The van der Waals surface area contributed by atoms with E-state index in [1.165, 1.54) is 0 Å². The Labute approximate surface area is 149 Å². The van der Waals surface area contributed by atoms with Crippen LogP contribution in [-0.2, 0) is 4.79 Å². The summed E-state index contributed by atoms with van der Waals surface area (Å²) in [7, 11) is 0. The number of halogens is 2. The molecular weight excluding hydrogens is 349 g/mol. The third-order valence-corrected chi connectivity index (χ3v) is 4.27. The zero-order valence-corrected chi connectivity index (χ0v) is 14.1. The maximum absolute atomic E-state index is 12.1. The van der Waals surface area contributed by atoms with Gasteiger partial charge in [-0.1, -0.05) is 41.4 Å². The third-order valence-electron chi connectivity index (χ3n) is 3.70. The van der Waals surface area contributed by atoms with Crippen LogP contribution in [0.4, 0.5) is 16.2 Å². The van der Waals surface area contributed by atoms with Gasteiger partial charge in [-0.05, 0) is 30.3 Å². The van der Waals surface area contributed by atoms with E-state index in [0.717, 1.165) is 5.69 Å². The maximum Gasteiger partial charge on any atom is 0.319 e. The first kappa shape index (κ1) is 16.6. The van der Waals surface area contributed by atoms with Crippen LogP contribution in [0.1, 0.15) is 6.42 Å². The van der Waals surface area contributed by atoms with Crippen LogP contribution < -0.4 is 15.5 Å². The van der Waals surface area contributed by atoms with Gasteiger partial charge in [-0.25, -0.2) is 4.79 Å². The van der Waals surface area contributed by atoms with Gasteiger partial charge in [0, 0.05) is 23.7 Å². The molecule has 0 bridgehead atoms. The van der Waals surface area contributed by atoms with Crippen molar-refractivity contribution in [1.29, 1.82) is 0 Å². The lowest BCUT2D eigenvalue weighted by atomic mass is 10.2. The molecule has 2 aromatic carbocycles. The molecule has 1 fully saturated rings. The summed E-state index contributed by atoms with van der Waals surface area (Å²) < 4.78 is 0. The highest BCUT2D eigenvalue weighted by Gasteiger charge is 2.31. The monoisotopic (exact) mass is 363 g/mol. The predicted octanol–water partition coefficient (Wildman–Crippen LogP) is 3.92. The van der Waals surface area contributed by atoms with Gasteiger partial charge < -0.3 is 15.5 Å². The Hall–Kier alpha value is -2.24. The van der Waals surface area contributed by atoms with Gasteiger partial charge in [-0.2, -0.15) is 0 Å². The largest absolute Gasteiger partial charge is 0.333 e. The number of amides is 3. The molecular formula is C17H15Cl2N3O2. The summed E-state index contributed by atoms with van der Waals surface area (Å²) >= 11 is 11.9. The molecule has 0 unspecified atom stereocenters. The highest BCUT2D eigenvalue weighted by Crippen LogP contribution is 2.25. The molecule has 124 valence electrons. The average molecular weight is 364 g/mol. The van der Waals surface area contributed by atoms with E-state index in [2.05, 4.69) is 10.6 Å². The van der Waals surface area contributed by atoms with Crippen molar-refractivity contribution >= 4 is 46.5 Å². The van der Waals surface area contributed by atoms with Crippen LogP contribution in [0.25, 0.3) is 0 Å². The number of para-hydroxylation sites is 1. The zero-order valence-electron chi connectivity index (χ0n) is 12.6. The summed E-state index contributed by atoms with van der Waals surface area (Å²) in [6, 6.07) is 13.5. The van der Waals surface area contributed by atoms with Crippen molar-refractivity contribution in [2.45, 2.75) is 12.5 Å². The minimum Gasteiger partial charge on any atom is -0.333 e.